The Labute approximate surface area is 129 Å². The highest BCUT2D eigenvalue weighted by atomic mass is 35.5. The Balaban J connectivity index is 2.88. The Morgan fingerprint density at radius 2 is 2.10 bits per heavy atom. The molecule has 3 nitrogen and oxygen atoms in total. The van der Waals surface area contributed by atoms with Gasteiger partial charge in [-0.3, -0.25) is 0 Å². The summed E-state index contributed by atoms with van der Waals surface area (Å²) in [5.41, 5.74) is 1.54. The van der Waals surface area contributed by atoms with E-state index in [1.807, 2.05) is 13.0 Å². The van der Waals surface area contributed by atoms with Crippen LogP contribution in [-0.2, 0) is 0 Å². The first-order chi connectivity index (χ1) is 9.99. The summed E-state index contributed by atoms with van der Waals surface area (Å²) >= 11 is 6.23. The van der Waals surface area contributed by atoms with E-state index in [4.69, 9.17) is 16.7 Å². The Kier molecular flexibility index (Phi) is 7.93. The largest absolute Gasteiger partial charge is 0.395 e. The van der Waals surface area contributed by atoms with Crippen molar-refractivity contribution in [2.24, 2.45) is 0 Å². The van der Waals surface area contributed by atoms with E-state index in [1.54, 1.807) is 12.1 Å². The van der Waals surface area contributed by atoms with E-state index < -0.39 is 13.0 Å². The van der Waals surface area contributed by atoms with E-state index in [0.29, 0.717) is 10.7 Å². The molecule has 0 bridgehead atoms. The van der Waals surface area contributed by atoms with E-state index in [9.17, 15) is 8.78 Å². The fraction of sp³-hybridized carbons (Fsp3) is 0.600. The third-order valence-electron chi connectivity index (χ3n) is 3.24. The van der Waals surface area contributed by atoms with Gasteiger partial charge in [0.15, 0.2) is 0 Å². The molecule has 1 unspecified atom stereocenters. The van der Waals surface area contributed by atoms with Crippen molar-refractivity contribution < 1.29 is 13.9 Å². The molecule has 0 aliphatic carbocycles. The topological polar surface area (TPSA) is 35.5 Å². The van der Waals surface area contributed by atoms with Gasteiger partial charge in [-0.05, 0) is 37.6 Å². The number of hydrogen-bond donors (Lipinski definition) is 2. The van der Waals surface area contributed by atoms with E-state index in [1.165, 1.54) is 4.90 Å². The quantitative estimate of drug-likeness (QED) is 0.731. The van der Waals surface area contributed by atoms with Gasteiger partial charge in [-0.15, -0.1) is 0 Å². The number of aliphatic hydroxyl groups excluding tert-OH is 1. The van der Waals surface area contributed by atoms with Crippen LogP contribution in [0.5, 0.6) is 0 Å². The predicted molar refractivity (Wildman–Crippen MR) is 83.5 cm³/mol. The second-order valence-corrected chi connectivity index (χ2v) is 5.35. The van der Waals surface area contributed by atoms with Crippen molar-refractivity contribution in [3.63, 3.8) is 0 Å². The molecule has 0 saturated carbocycles. The third-order valence-corrected chi connectivity index (χ3v) is 3.54. The first kappa shape index (κ1) is 18.1. The molecule has 0 heterocycles. The molecule has 0 aromatic heterocycles. The van der Waals surface area contributed by atoms with Crippen molar-refractivity contribution in [2.75, 3.05) is 31.1 Å². The van der Waals surface area contributed by atoms with Gasteiger partial charge in [0.05, 0.1) is 23.9 Å². The van der Waals surface area contributed by atoms with E-state index >= 15 is 0 Å². The van der Waals surface area contributed by atoms with Crippen LogP contribution in [0.15, 0.2) is 18.2 Å². The molecular weight excluding hydrogens is 298 g/mol. The van der Waals surface area contributed by atoms with Crippen LogP contribution in [0, 0.1) is 0 Å². The van der Waals surface area contributed by atoms with Crippen molar-refractivity contribution in [3.8, 4) is 0 Å². The lowest BCUT2D eigenvalue weighted by Crippen LogP contribution is -2.31. The average molecular weight is 321 g/mol. The number of rotatable bonds is 9. The van der Waals surface area contributed by atoms with Gasteiger partial charge in [0, 0.05) is 12.6 Å². The van der Waals surface area contributed by atoms with Gasteiger partial charge in [-0.2, -0.15) is 0 Å². The molecule has 0 aliphatic heterocycles. The molecule has 0 aliphatic rings. The fourth-order valence-electron chi connectivity index (χ4n) is 2.13. The maximum absolute atomic E-state index is 12.6. The van der Waals surface area contributed by atoms with Gasteiger partial charge in [0.1, 0.15) is 0 Å². The Morgan fingerprint density at radius 3 is 2.62 bits per heavy atom. The maximum atomic E-state index is 12.6. The van der Waals surface area contributed by atoms with Crippen LogP contribution in [0.25, 0.3) is 0 Å². The van der Waals surface area contributed by atoms with Crippen molar-refractivity contribution in [2.45, 2.75) is 32.7 Å². The molecule has 21 heavy (non-hydrogen) atoms. The van der Waals surface area contributed by atoms with E-state index in [-0.39, 0.29) is 19.2 Å². The number of hydrogen-bond acceptors (Lipinski definition) is 3. The molecule has 120 valence electrons. The standard InChI is InChI=1S/C15H23ClF2N2O/c1-3-6-19-11(2)12-4-5-14(13(16)9-12)20(7-8-21)10-15(17)18/h4-5,9,11,15,19,21H,3,6-8,10H2,1-2H3. The number of alkyl halides is 2. The molecule has 1 rings (SSSR count). The highest BCUT2D eigenvalue weighted by Crippen LogP contribution is 2.29. The minimum absolute atomic E-state index is 0.132. The van der Waals surface area contributed by atoms with Gasteiger partial charge >= 0.3 is 0 Å². The smallest absolute Gasteiger partial charge is 0.255 e. The average Bonchev–Trinajstić information content (AvgIpc) is 2.43. The molecular formula is C15H23ClF2N2O. The van der Waals surface area contributed by atoms with Gasteiger partial charge < -0.3 is 15.3 Å². The molecule has 0 saturated heterocycles. The summed E-state index contributed by atoms with van der Waals surface area (Å²) in [6, 6.07) is 5.56. The molecule has 1 atom stereocenters. The number of nitrogens with zero attached hydrogens (tertiary/aromatic N) is 1. The van der Waals surface area contributed by atoms with Gasteiger partial charge in [0.2, 0.25) is 0 Å². The first-order valence-electron chi connectivity index (χ1n) is 7.16. The summed E-state index contributed by atoms with van der Waals surface area (Å²) in [4.78, 5) is 1.40. The molecule has 0 spiro atoms. The minimum atomic E-state index is -2.47. The number of aliphatic hydroxyl groups is 1. The normalized spacial score (nSPS) is 12.7. The molecule has 0 fully saturated rings. The maximum Gasteiger partial charge on any atom is 0.255 e. The lowest BCUT2D eigenvalue weighted by atomic mass is 10.1. The SMILES string of the molecule is CCCNC(C)c1ccc(N(CCO)CC(F)F)c(Cl)c1. The second kappa shape index (κ2) is 9.18. The van der Waals surface area contributed by atoms with Gasteiger partial charge in [-0.1, -0.05) is 24.6 Å². The molecule has 1 aromatic rings. The van der Waals surface area contributed by atoms with Crippen LogP contribution in [0.2, 0.25) is 5.02 Å². The van der Waals surface area contributed by atoms with Crippen LogP contribution < -0.4 is 10.2 Å². The summed E-state index contributed by atoms with van der Waals surface area (Å²) in [5.74, 6) is 0. The fourth-order valence-corrected chi connectivity index (χ4v) is 2.43. The lowest BCUT2D eigenvalue weighted by molar-refractivity contribution is 0.153. The Morgan fingerprint density at radius 1 is 1.38 bits per heavy atom. The molecule has 0 radical (unpaired) electrons. The second-order valence-electron chi connectivity index (χ2n) is 4.95. The summed E-state index contributed by atoms with van der Waals surface area (Å²) in [7, 11) is 0. The highest BCUT2D eigenvalue weighted by molar-refractivity contribution is 6.33. The summed E-state index contributed by atoms with van der Waals surface area (Å²) in [5, 5.41) is 12.8. The predicted octanol–water partition coefficient (Wildman–Crippen LogP) is 3.46. The Bertz CT molecular complexity index is 432. The zero-order valence-electron chi connectivity index (χ0n) is 12.5. The van der Waals surface area contributed by atoms with Crippen molar-refractivity contribution >= 4 is 17.3 Å². The molecule has 1 aromatic carbocycles. The van der Waals surface area contributed by atoms with E-state index in [2.05, 4.69) is 12.2 Å². The van der Waals surface area contributed by atoms with Crippen molar-refractivity contribution in [1.29, 1.82) is 0 Å². The number of halogens is 3. The summed E-state index contributed by atoms with van der Waals surface area (Å²) in [6.07, 6.45) is -1.44. The van der Waals surface area contributed by atoms with E-state index in [0.717, 1.165) is 18.5 Å². The van der Waals surface area contributed by atoms with Gasteiger partial charge in [-0.25, -0.2) is 8.78 Å². The monoisotopic (exact) mass is 320 g/mol. The van der Waals surface area contributed by atoms with Crippen molar-refractivity contribution in [3.05, 3.63) is 28.8 Å². The van der Waals surface area contributed by atoms with Crippen LogP contribution >= 0.6 is 11.6 Å². The van der Waals surface area contributed by atoms with Crippen molar-refractivity contribution in [1.82, 2.24) is 5.32 Å². The zero-order valence-corrected chi connectivity index (χ0v) is 13.2. The first-order valence-corrected chi connectivity index (χ1v) is 7.54. The summed E-state index contributed by atoms with van der Waals surface area (Å²) in [6.45, 7) is 4.52. The molecule has 6 heteroatoms. The Hall–Kier alpha value is -0.910. The molecule has 0 amide bonds. The highest BCUT2D eigenvalue weighted by Gasteiger charge is 2.16. The van der Waals surface area contributed by atoms with Crippen LogP contribution in [0.3, 0.4) is 0 Å². The van der Waals surface area contributed by atoms with Crippen LogP contribution in [0.1, 0.15) is 31.9 Å². The lowest BCUT2D eigenvalue weighted by Gasteiger charge is -2.25. The number of anilines is 1. The number of benzene rings is 1. The minimum Gasteiger partial charge on any atom is -0.395 e. The van der Waals surface area contributed by atoms with Gasteiger partial charge in [0.25, 0.3) is 6.43 Å². The third kappa shape index (κ3) is 5.77. The van der Waals surface area contributed by atoms with Crippen LogP contribution in [-0.4, -0.2) is 37.8 Å². The molecule has 2 N–H and O–H groups in total. The zero-order chi connectivity index (χ0) is 15.8. The summed E-state index contributed by atoms with van der Waals surface area (Å²) < 4.78 is 25.2. The number of nitrogens with one attached hydrogen (secondary N) is 1. The van der Waals surface area contributed by atoms with Crippen LogP contribution in [0.4, 0.5) is 14.5 Å².